The average molecular weight is 218 g/mol. The molecule has 1 aliphatic rings. The molecule has 1 saturated carbocycles. The topological polar surface area (TPSA) is 0 Å². The SMILES string of the molecule is CCC1CCCC([B-](F)(F)F)C1.[K+]. The maximum absolute atomic E-state index is 12.3. The van der Waals surface area contributed by atoms with Crippen LogP contribution in [0.3, 0.4) is 0 Å². The molecule has 0 aliphatic heterocycles. The maximum atomic E-state index is 12.3. The summed E-state index contributed by atoms with van der Waals surface area (Å²) >= 11 is 0. The van der Waals surface area contributed by atoms with Crippen LogP contribution in [0.5, 0.6) is 0 Å². The van der Waals surface area contributed by atoms with Crippen molar-refractivity contribution in [1.82, 2.24) is 0 Å². The Kier molecular flexibility index (Phi) is 6.86. The Balaban J connectivity index is 0.00000144. The molecule has 0 aromatic carbocycles. The van der Waals surface area contributed by atoms with Crippen molar-refractivity contribution in [2.45, 2.75) is 44.8 Å². The molecule has 0 nitrogen and oxygen atoms in total. The van der Waals surface area contributed by atoms with Gasteiger partial charge in [0.2, 0.25) is 0 Å². The third kappa shape index (κ3) is 4.69. The van der Waals surface area contributed by atoms with Crippen molar-refractivity contribution < 1.29 is 64.3 Å². The quantitative estimate of drug-likeness (QED) is 0.601. The van der Waals surface area contributed by atoms with Gasteiger partial charge in [0.1, 0.15) is 0 Å². The molecule has 5 heteroatoms. The molecule has 0 saturated heterocycles. The Hall–Kier alpha value is 1.49. The second kappa shape index (κ2) is 6.16. The molecule has 0 aromatic heterocycles. The maximum Gasteiger partial charge on any atom is 1.00 e. The molecule has 0 heterocycles. The molecule has 0 spiro atoms. The van der Waals surface area contributed by atoms with Gasteiger partial charge in [0, 0.05) is 0 Å². The number of halogens is 3. The number of hydrogen-bond acceptors (Lipinski definition) is 0. The first-order valence-electron chi connectivity index (χ1n) is 4.74. The van der Waals surface area contributed by atoms with Gasteiger partial charge in [0.15, 0.2) is 0 Å². The molecule has 13 heavy (non-hydrogen) atoms. The van der Waals surface area contributed by atoms with E-state index in [0.29, 0.717) is 18.8 Å². The fourth-order valence-electron chi connectivity index (χ4n) is 2.05. The summed E-state index contributed by atoms with van der Waals surface area (Å²) in [6, 6.07) is 0. The molecule has 0 N–H and O–H groups in total. The molecule has 0 bridgehead atoms. The van der Waals surface area contributed by atoms with Gasteiger partial charge in [-0.1, -0.05) is 44.8 Å². The van der Waals surface area contributed by atoms with E-state index < -0.39 is 12.8 Å². The molecule has 1 rings (SSSR count). The number of rotatable bonds is 2. The predicted molar refractivity (Wildman–Crippen MR) is 45.1 cm³/mol. The van der Waals surface area contributed by atoms with Crippen LogP contribution in [0.1, 0.15) is 39.0 Å². The van der Waals surface area contributed by atoms with Crippen molar-refractivity contribution in [3.8, 4) is 0 Å². The molecule has 2 atom stereocenters. The van der Waals surface area contributed by atoms with E-state index in [1.165, 1.54) is 0 Å². The second-order valence-corrected chi connectivity index (χ2v) is 3.83. The first-order valence-corrected chi connectivity index (χ1v) is 4.74. The van der Waals surface area contributed by atoms with Crippen molar-refractivity contribution in [2.75, 3.05) is 0 Å². The van der Waals surface area contributed by atoms with Crippen molar-refractivity contribution in [1.29, 1.82) is 0 Å². The van der Waals surface area contributed by atoms with Crippen LogP contribution in [0.25, 0.3) is 0 Å². The molecular formula is C8H15BF3K. The molecule has 2 unspecified atom stereocenters. The summed E-state index contributed by atoms with van der Waals surface area (Å²) in [5, 5.41) is 0. The van der Waals surface area contributed by atoms with Gasteiger partial charge in [0.25, 0.3) is 0 Å². The largest absolute Gasteiger partial charge is 1.00 e. The monoisotopic (exact) mass is 218 g/mol. The Morgan fingerprint density at radius 2 is 1.85 bits per heavy atom. The summed E-state index contributed by atoms with van der Waals surface area (Å²) in [5.41, 5.74) is 0. The minimum absolute atomic E-state index is 0. The smallest absolute Gasteiger partial charge is 0.449 e. The van der Waals surface area contributed by atoms with Crippen molar-refractivity contribution in [2.24, 2.45) is 5.92 Å². The van der Waals surface area contributed by atoms with Crippen LogP contribution >= 0.6 is 0 Å². The molecule has 1 aliphatic carbocycles. The van der Waals surface area contributed by atoms with Crippen LogP contribution in [-0.2, 0) is 0 Å². The van der Waals surface area contributed by atoms with Crippen LogP contribution in [0, 0.1) is 5.92 Å². The normalized spacial score (nSPS) is 29.5. The third-order valence-electron chi connectivity index (χ3n) is 2.94. The predicted octanol–water partition coefficient (Wildman–Crippen LogP) is 0.808. The standard InChI is InChI=1S/C8H15BF3.K/c1-2-7-4-3-5-8(6-7)9(10,11)12;/h7-8H,2-6H2,1H3;/q-1;+1. The summed E-state index contributed by atoms with van der Waals surface area (Å²) in [6.07, 6.45) is 3.44. The van der Waals surface area contributed by atoms with E-state index in [-0.39, 0.29) is 51.4 Å². The first kappa shape index (κ1) is 14.5. The fraction of sp³-hybridized carbons (Fsp3) is 1.00. The van der Waals surface area contributed by atoms with Gasteiger partial charge in [-0.2, -0.15) is 0 Å². The first-order chi connectivity index (χ1) is 5.54. The minimum atomic E-state index is -4.56. The van der Waals surface area contributed by atoms with Crippen LogP contribution in [-0.4, -0.2) is 6.98 Å². The number of hydrogen-bond donors (Lipinski definition) is 0. The second-order valence-electron chi connectivity index (χ2n) is 3.83. The van der Waals surface area contributed by atoms with Crippen LogP contribution in [0.4, 0.5) is 12.9 Å². The molecular weight excluding hydrogens is 203 g/mol. The van der Waals surface area contributed by atoms with Crippen LogP contribution < -0.4 is 51.4 Å². The molecule has 0 amide bonds. The summed E-state index contributed by atoms with van der Waals surface area (Å²) in [6.45, 7) is -2.58. The van der Waals surface area contributed by atoms with Gasteiger partial charge in [-0.05, 0) is 5.92 Å². The van der Waals surface area contributed by atoms with E-state index in [2.05, 4.69) is 0 Å². The summed E-state index contributed by atoms with van der Waals surface area (Å²) in [5.74, 6) is -0.629. The molecule has 0 aromatic rings. The third-order valence-corrected chi connectivity index (χ3v) is 2.94. The van der Waals surface area contributed by atoms with E-state index in [1.807, 2.05) is 6.92 Å². The molecule has 72 valence electrons. The zero-order valence-corrected chi connectivity index (χ0v) is 11.5. The van der Waals surface area contributed by atoms with Crippen molar-refractivity contribution >= 4 is 6.98 Å². The van der Waals surface area contributed by atoms with Crippen molar-refractivity contribution in [3.63, 3.8) is 0 Å². The molecule has 1 fully saturated rings. The Morgan fingerprint density at radius 3 is 2.31 bits per heavy atom. The summed E-state index contributed by atoms with van der Waals surface area (Å²) in [7, 11) is 0. The zero-order valence-electron chi connectivity index (χ0n) is 8.40. The minimum Gasteiger partial charge on any atom is -0.449 e. The van der Waals surface area contributed by atoms with Gasteiger partial charge >= 0.3 is 58.4 Å². The van der Waals surface area contributed by atoms with Gasteiger partial charge < -0.3 is 12.9 Å². The van der Waals surface area contributed by atoms with E-state index in [1.54, 1.807) is 0 Å². The van der Waals surface area contributed by atoms with Gasteiger partial charge in [-0.3, -0.25) is 0 Å². The molecule has 0 radical (unpaired) electrons. The Morgan fingerprint density at radius 1 is 1.23 bits per heavy atom. The van der Waals surface area contributed by atoms with Crippen LogP contribution in [0.15, 0.2) is 0 Å². The summed E-state index contributed by atoms with van der Waals surface area (Å²) < 4.78 is 36.9. The van der Waals surface area contributed by atoms with Crippen molar-refractivity contribution in [3.05, 3.63) is 0 Å². The zero-order chi connectivity index (χ0) is 9.19. The van der Waals surface area contributed by atoms with E-state index in [0.717, 1.165) is 19.3 Å². The van der Waals surface area contributed by atoms with E-state index in [4.69, 9.17) is 0 Å². The van der Waals surface area contributed by atoms with Crippen LogP contribution in [0.2, 0.25) is 5.82 Å². The average Bonchev–Trinajstić information content (AvgIpc) is 2.03. The van der Waals surface area contributed by atoms with Gasteiger partial charge in [-0.25, -0.2) is 0 Å². The Bertz CT molecular complexity index is 149. The Labute approximate surface area is 121 Å². The van der Waals surface area contributed by atoms with Gasteiger partial charge in [-0.15, -0.1) is 0 Å². The van der Waals surface area contributed by atoms with E-state index in [9.17, 15) is 12.9 Å². The van der Waals surface area contributed by atoms with Gasteiger partial charge in [0.05, 0.1) is 0 Å². The fourth-order valence-corrected chi connectivity index (χ4v) is 2.05. The van der Waals surface area contributed by atoms with E-state index >= 15 is 0 Å². The summed E-state index contributed by atoms with van der Waals surface area (Å²) in [4.78, 5) is 0.